The number of ether oxygens (including phenoxy) is 1. The monoisotopic (exact) mass is 360 g/mol. The molecule has 1 aromatic carbocycles. The van der Waals surface area contributed by atoms with Crippen LogP contribution in [0.25, 0.3) is 0 Å². The number of benzene rings is 1. The van der Waals surface area contributed by atoms with Gasteiger partial charge in [0, 0.05) is 5.69 Å². The highest BCUT2D eigenvalue weighted by Crippen LogP contribution is 2.25. The second-order valence-corrected chi connectivity index (χ2v) is 6.20. The Morgan fingerprint density at radius 1 is 1.22 bits per heavy atom. The van der Waals surface area contributed by atoms with Crippen LogP contribution in [0.4, 0.5) is 5.69 Å². The molecular formula is C16H22Cl2N2O3. The average molecular weight is 361 g/mol. The van der Waals surface area contributed by atoms with Crippen LogP contribution < -0.4 is 10.6 Å². The zero-order valence-electron chi connectivity index (χ0n) is 13.7. The van der Waals surface area contributed by atoms with Crippen molar-refractivity contribution in [1.82, 2.24) is 5.32 Å². The first kappa shape index (κ1) is 19.6. The molecule has 2 N–H and O–H groups in total. The lowest BCUT2D eigenvalue weighted by Gasteiger charge is -2.24. The summed E-state index contributed by atoms with van der Waals surface area (Å²) in [5.74, 6) is -0.773. The van der Waals surface area contributed by atoms with Crippen LogP contribution in [0.2, 0.25) is 10.0 Å². The third-order valence-corrected chi connectivity index (χ3v) is 4.40. The number of rotatable bonds is 7. The van der Waals surface area contributed by atoms with Gasteiger partial charge in [-0.05, 0) is 31.0 Å². The van der Waals surface area contributed by atoms with E-state index in [1.165, 1.54) is 7.11 Å². The van der Waals surface area contributed by atoms with Crippen molar-refractivity contribution in [1.29, 1.82) is 0 Å². The molecule has 0 saturated carbocycles. The zero-order chi connectivity index (χ0) is 17.6. The molecule has 0 aliphatic carbocycles. The normalized spacial score (nSPS) is 14.5. The quantitative estimate of drug-likeness (QED) is 0.730. The van der Waals surface area contributed by atoms with Gasteiger partial charge in [-0.25, -0.2) is 4.79 Å². The van der Waals surface area contributed by atoms with Crippen molar-refractivity contribution in [2.24, 2.45) is 5.92 Å². The summed E-state index contributed by atoms with van der Waals surface area (Å²) in [7, 11) is 1.31. The van der Waals surface area contributed by atoms with Crippen LogP contribution in [-0.2, 0) is 14.3 Å². The molecule has 1 unspecified atom stereocenters. The van der Waals surface area contributed by atoms with Gasteiger partial charge in [0.2, 0.25) is 5.91 Å². The predicted octanol–water partition coefficient (Wildman–Crippen LogP) is 3.50. The largest absolute Gasteiger partial charge is 0.467 e. The third-order valence-electron chi connectivity index (χ3n) is 3.66. The average Bonchev–Trinajstić information content (AvgIpc) is 2.54. The second-order valence-electron chi connectivity index (χ2n) is 5.39. The lowest BCUT2D eigenvalue weighted by Crippen LogP contribution is -2.50. The molecule has 5 nitrogen and oxygen atoms in total. The number of carbonyl (C=O) groups excluding carboxylic acids is 2. The molecule has 1 rings (SSSR count). The van der Waals surface area contributed by atoms with Gasteiger partial charge < -0.3 is 15.4 Å². The van der Waals surface area contributed by atoms with Crippen LogP contribution >= 0.6 is 23.2 Å². The summed E-state index contributed by atoms with van der Waals surface area (Å²) in [4.78, 5) is 24.1. The molecule has 0 aliphatic heterocycles. The van der Waals surface area contributed by atoms with Gasteiger partial charge in [-0.15, -0.1) is 0 Å². The van der Waals surface area contributed by atoms with Crippen molar-refractivity contribution in [3.63, 3.8) is 0 Å². The van der Waals surface area contributed by atoms with Crippen LogP contribution in [-0.4, -0.2) is 31.1 Å². The van der Waals surface area contributed by atoms with Gasteiger partial charge in [-0.3, -0.25) is 4.79 Å². The summed E-state index contributed by atoms with van der Waals surface area (Å²) in [5.41, 5.74) is 0.667. The summed E-state index contributed by atoms with van der Waals surface area (Å²) in [5, 5.41) is 6.59. The Hall–Kier alpha value is -1.46. The van der Waals surface area contributed by atoms with E-state index in [2.05, 4.69) is 10.6 Å². The topological polar surface area (TPSA) is 67.4 Å². The number of hydrogen-bond acceptors (Lipinski definition) is 4. The molecule has 1 amide bonds. The first-order valence-electron chi connectivity index (χ1n) is 7.39. The zero-order valence-corrected chi connectivity index (χ0v) is 15.2. The number of nitrogens with one attached hydrogen (secondary N) is 2. The molecule has 1 aromatic rings. The minimum atomic E-state index is -0.671. The first-order chi connectivity index (χ1) is 10.8. The Morgan fingerprint density at radius 2 is 1.87 bits per heavy atom. The Labute approximate surface area is 146 Å². The summed E-state index contributed by atoms with van der Waals surface area (Å²) in [6, 6.07) is 3.79. The summed E-state index contributed by atoms with van der Waals surface area (Å²) in [6.07, 6.45) is 0.745. The molecule has 0 aliphatic rings. The number of esters is 1. The SMILES string of the molecule is CC[C@H](C)[C@H](NC(=O)C(C)Nc1ccc(Cl)c(Cl)c1)C(=O)OC. The highest BCUT2D eigenvalue weighted by molar-refractivity contribution is 6.42. The number of hydrogen-bond donors (Lipinski definition) is 2. The molecule has 128 valence electrons. The van der Waals surface area contributed by atoms with Crippen LogP contribution in [0.3, 0.4) is 0 Å². The lowest BCUT2D eigenvalue weighted by molar-refractivity contribution is -0.146. The van der Waals surface area contributed by atoms with Crippen LogP contribution in [0.15, 0.2) is 18.2 Å². The van der Waals surface area contributed by atoms with Crippen LogP contribution in [0.5, 0.6) is 0 Å². The molecule has 3 atom stereocenters. The van der Waals surface area contributed by atoms with E-state index in [1.807, 2.05) is 13.8 Å². The Kier molecular flexibility index (Phi) is 7.65. The highest BCUT2D eigenvalue weighted by atomic mass is 35.5. The Balaban J connectivity index is 2.74. The lowest BCUT2D eigenvalue weighted by atomic mass is 9.99. The molecule has 7 heteroatoms. The van der Waals surface area contributed by atoms with Crippen molar-refractivity contribution < 1.29 is 14.3 Å². The highest BCUT2D eigenvalue weighted by Gasteiger charge is 2.28. The smallest absolute Gasteiger partial charge is 0.328 e. The maximum atomic E-state index is 12.3. The maximum Gasteiger partial charge on any atom is 0.328 e. The molecule has 0 radical (unpaired) electrons. The van der Waals surface area contributed by atoms with E-state index in [0.29, 0.717) is 15.7 Å². The predicted molar refractivity (Wildman–Crippen MR) is 92.9 cm³/mol. The molecule has 23 heavy (non-hydrogen) atoms. The number of methoxy groups -OCH3 is 1. The summed E-state index contributed by atoms with van der Waals surface area (Å²) >= 11 is 11.8. The summed E-state index contributed by atoms with van der Waals surface area (Å²) in [6.45, 7) is 5.53. The van der Waals surface area contributed by atoms with E-state index in [0.717, 1.165) is 6.42 Å². The first-order valence-corrected chi connectivity index (χ1v) is 8.15. The summed E-state index contributed by atoms with van der Waals surface area (Å²) < 4.78 is 4.76. The second kappa shape index (κ2) is 8.99. The van der Waals surface area contributed by atoms with Crippen molar-refractivity contribution in [3.8, 4) is 0 Å². The molecule has 0 spiro atoms. The van der Waals surface area contributed by atoms with E-state index in [1.54, 1.807) is 25.1 Å². The number of amides is 1. The fourth-order valence-electron chi connectivity index (χ4n) is 1.98. The van der Waals surface area contributed by atoms with Gasteiger partial charge in [-0.2, -0.15) is 0 Å². The van der Waals surface area contributed by atoms with Gasteiger partial charge in [0.15, 0.2) is 0 Å². The van der Waals surface area contributed by atoms with Crippen molar-refractivity contribution in [3.05, 3.63) is 28.2 Å². The van der Waals surface area contributed by atoms with Crippen LogP contribution in [0.1, 0.15) is 27.2 Å². The maximum absolute atomic E-state index is 12.3. The van der Waals surface area contributed by atoms with Gasteiger partial charge in [0.25, 0.3) is 0 Å². The Bertz CT molecular complexity index is 566. The van der Waals surface area contributed by atoms with Gasteiger partial charge in [0.05, 0.1) is 17.2 Å². The standard InChI is InChI=1S/C16H22Cl2N2O3/c1-5-9(2)14(16(22)23-4)20-15(21)10(3)19-11-6-7-12(17)13(18)8-11/h6-10,14,19H,5H2,1-4H3,(H,20,21)/t9-,10?,14-/m0/s1. The molecular weight excluding hydrogens is 339 g/mol. The minimum Gasteiger partial charge on any atom is -0.467 e. The number of anilines is 1. The van der Waals surface area contributed by atoms with E-state index in [-0.39, 0.29) is 11.8 Å². The molecule has 0 bridgehead atoms. The minimum absolute atomic E-state index is 0.0245. The van der Waals surface area contributed by atoms with Gasteiger partial charge in [0.1, 0.15) is 12.1 Å². The Morgan fingerprint density at radius 3 is 2.39 bits per heavy atom. The van der Waals surface area contributed by atoms with E-state index in [4.69, 9.17) is 27.9 Å². The van der Waals surface area contributed by atoms with Crippen LogP contribution in [0, 0.1) is 5.92 Å². The molecule has 0 saturated heterocycles. The van der Waals surface area contributed by atoms with E-state index in [9.17, 15) is 9.59 Å². The van der Waals surface area contributed by atoms with Crippen molar-refractivity contribution in [2.45, 2.75) is 39.3 Å². The number of halogens is 2. The van der Waals surface area contributed by atoms with Gasteiger partial charge >= 0.3 is 5.97 Å². The molecule has 0 aromatic heterocycles. The van der Waals surface area contributed by atoms with Gasteiger partial charge in [-0.1, -0.05) is 43.5 Å². The molecule has 0 fully saturated rings. The molecule has 0 heterocycles. The fourth-order valence-corrected chi connectivity index (χ4v) is 2.27. The van der Waals surface area contributed by atoms with Crippen molar-refractivity contribution >= 4 is 40.8 Å². The number of carbonyl (C=O) groups is 2. The fraction of sp³-hybridized carbons (Fsp3) is 0.500. The van der Waals surface area contributed by atoms with E-state index < -0.39 is 18.1 Å². The van der Waals surface area contributed by atoms with E-state index >= 15 is 0 Å². The van der Waals surface area contributed by atoms with Crippen molar-refractivity contribution in [2.75, 3.05) is 12.4 Å². The third kappa shape index (κ3) is 5.59.